The van der Waals surface area contributed by atoms with E-state index in [4.69, 9.17) is 0 Å². The highest BCUT2D eigenvalue weighted by molar-refractivity contribution is 8.00. The number of carboxylic acids is 1. The number of urea groups is 1. The van der Waals surface area contributed by atoms with Crippen molar-refractivity contribution in [2.24, 2.45) is 5.92 Å². The van der Waals surface area contributed by atoms with Crippen molar-refractivity contribution >= 4 is 23.8 Å². The van der Waals surface area contributed by atoms with Crippen LogP contribution in [0.2, 0.25) is 0 Å². The molecule has 1 N–H and O–H groups in total. The molecule has 1 heterocycles. The van der Waals surface area contributed by atoms with Crippen LogP contribution in [-0.2, 0) is 4.79 Å². The molecule has 0 aromatic carbocycles. The molecule has 106 valence electrons. The second kappa shape index (κ2) is 4.89. The van der Waals surface area contributed by atoms with Crippen LogP contribution >= 0.6 is 11.8 Å². The van der Waals surface area contributed by atoms with E-state index in [1.54, 1.807) is 16.7 Å². The lowest BCUT2D eigenvalue weighted by molar-refractivity contribution is -0.141. The number of aliphatic carboxylic acids is 1. The van der Waals surface area contributed by atoms with Gasteiger partial charge < -0.3 is 10.0 Å². The standard InChI is InChI=1S/C13H20N2O3S/c1-8-15(11(7-19-8)12(16)17)13(18)14(10-4-5-10)6-9-2-3-9/h8-11H,2-7H2,1H3,(H,16,17). The van der Waals surface area contributed by atoms with Crippen molar-refractivity contribution in [3.63, 3.8) is 0 Å². The maximum atomic E-state index is 12.7. The highest BCUT2D eigenvalue weighted by Crippen LogP contribution is 2.37. The molecule has 3 fully saturated rings. The SMILES string of the molecule is CC1SCC(C(=O)O)N1C(=O)N(CC1CC1)C1CC1. The molecule has 1 aliphatic heterocycles. The zero-order valence-corrected chi connectivity index (χ0v) is 11.9. The van der Waals surface area contributed by atoms with Gasteiger partial charge in [0.15, 0.2) is 0 Å². The Labute approximate surface area is 117 Å². The largest absolute Gasteiger partial charge is 0.480 e. The Balaban J connectivity index is 1.73. The number of carbonyl (C=O) groups is 2. The van der Waals surface area contributed by atoms with E-state index in [-0.39, 0.29) is 11.4 Å². The number of nitrogens with zero attached hydrogens (tertiary/aromatic N) is 2. The lowest BCUT2D eigenvalue weighted by Crippen LogP contribution is -2.52. The van der Waals surface area contributed by atoms with Crippen molar-refractivity contribution in [2.75, 3.05) is 12.3 Å². The summed E-state index contributed by atoms with van der Waals surface area (Å²) < 4.78 is 0. The Morgan fingerprint density at radius 3 is 2.53 bits per heavy atom. The summed E-state index contributed by atoms with van der Waals surface area (Å²) in [5, 5.41) is 9.22. The average Bonchev–Trinajstić information content (AvgIpc) is 3.24. The van der Waals surface area contributed by atoms with Gasteiger partial charge in [-0.15, -0.1) is 11.8 Å². The number of hydrogen-bond donors (Lipinski definition) is 1. The third-order valence-electron chi connectivity index (χ3n) is 4.11. The second-order valence-corrected chi connectivity index (χ2v) is 7.15. The second-order valence-electron chi connectivity index (χ2n) is 5.80. The van der Waals surface area contributed by atoms with E-state index in [1.807, 2.05) is 11.8 Å². The van der Waals surface area contributed by atoms with Gasteiger partial charge in [0.1, 0.15) is 6.04 Å². The molecule has 6 heteroatoms. The lowest BCUT2D eigenvalue weighted by atomic mass is 10.3. The molecule has 2 atom stereocenters. The maximum Gasteiger partial charge on any atom is 0.327 e. The van der Waals surface area contributed by atoms with Crippen molar-refractivity contribution < 1.29 is 14.7 Å². The molecule has 0 spiro atoms. The molecule has 19 heavy (non-hydrogen) atoms. The molecule has 0 bridgehead atoms. The molecule has 0 aromatic heterocycles. The molecule has 2 saturated carbocycles. The number of carbonyl (C=O) groups excluding carboxylic acids is 1. The van der Waals surface area contributed by atoms with E-state index in [9.17, 15) is 14.7 Å². The Hall–Kier alpha value is -0.910. The first kappa shape index (κ1) is 13.1. The Morgan fingerprint density at radius 1 is 1.32 bits per heavy atom. The van der Waals surface area contributed by atoms with Gasteiger partial charge in [-0.1, -0.05) is 0 Å². The molecule has 0 radical (unpaired) electrons. The summed E-state index contributed by atoms with van der Waals surface area (Å²) >= 11 is 1.55. The van der Waals surface area contributed by atoms with Gasteiger partial charge in [-0.05, 0) is 38.5 Å². The van der Waals surface area contributed by atoms with Crippen LogP contribution in [0, 0.1) is 5.92 Å². The molecule has 2 amide bonds. The van der Waals surface area contributed by atoms with Gasteiger partial charge in [-0.25, -0.2) is 9.59 Å². The molecule has 1 saturated heterocycles. The van der Waals surface area contributed by atoms with E-state index < -0.39 is 12.0 Å². The van der Waals surface area contributed by atoms with E-state index in [2.05, 4.69) is 0 Å². The minimum Gasteiger partial charge on any atom is -0.480 e. The van der Waals surface area contributed by atoms with Crippen molar-refractivity contribution in [1.82, 2.24) is 9.80 Å². The van der Waals surface area contributed by atoms with Crippen LogP contribution in [0.5, 0.6) is 0 Å². The molecule has 0 aromatic rings. The molecule has 2 unspecified atom stereocenters. The molecule has 2 aliphatic carbocycles. The number of rotatable bonds is 4. The van der Waals surface area contributed by atoms with Gasteiger partial charge in [-0.2, -0.15) is 0 Å². The van der Waals surface area contributed by atoms with Crippen LogP contribution < -0.4 is 0 Å². The summed E-state index contributed by atoms with van der Waals surface area (Å²) in [5.41, 5.74) is 0. The number of hydrogen-bond acceptors (Lipinski definition) is 3. The smallest absolute Gasteiger partial charge is 0.327 e. The highest BCUT2D eigenvalue weighted by atomic mass is 32.2. The quantitative estimate of drug-likeness (QED) is 0.855. The minimum atomic E-state index is -0.882. The van der Waals surface area contributed by atoms with E-state index in [0.29, 0.717) is 17.7 Å². The van der Waals surface area contributed by atoms with Crippen LogP contribution in [0.1, 0.15) is 32.6 Å². The monoisotopic (exact) mass is 284 g/mol. The summed E-state index contributed by atoms with van der Waals surface area (Å²) in [6, 6.07) is -0.354. The van der Waals surface area contributed by atoms with Gasteiger partial charge in [0.25, 0.3) is 0 Å². The summed E-state index contributed by atoms with van der Waals surface area (Å²) in [7, 11) is 0. The first-order valence-corrected chi connectivity index (χ1v) is 8.06. The third kappa shape index (κ3) is 2.68. The number of thioether (sulfide) groups is 1. The van der Waals surface area contributed by atoms with Crippen molar-refractivity contribution in [3.8, 4) is 0 Å². The zero-order valence-electron chi connectivity index (χ0n) is 11.1. The van der Waals surface area contributed by atoms with Crippen molar-refractivity contribution in [2.45, 2.75) is 50.1 Å². The van der Waals surface area contributed by atoms with Gasteiger partial charge >= 0.3 is 12.0 Å². The van der Waals surface area contributed by atoms with Crippen LogP contribution in [0.25, 0.3) is 0 Å². The summed E-state index contributed by atoms with van der Waals surface area (Å²) in [4.78, 5) is 27.5. The van der Waals surface area contributed by atoms with E-state index in [1.165, 1.54) is 12.8 Å². The fraction of sp³-hybridized carbons (Fsp3) is 0.846. The van der Waals surface area contributed by atoms with Crippen molar-refractivity contribution in [3.05, 3.63) is 0 Å². The van der Waals surface area contributed by atoms with Crippen LogP contribution in [0.3, 0.4) is 0 Å². The predicted molar refractivity (Wildman–Crippen MR) is 73.0 cm³/mol. The maximum absolute atomic E-state index is 12.7. The number of amides is 2. The highest BCUT2D eigenvalue weighted by Gasteiger charge is 2.45. The molecular formula is C13H20N2O3S. The zero-order chi connectivity index (χ0) is 13.6. The van der Waals surface area contributed by atoms with Crippen LogP contribution in [-0.4, -0.2) is 56.7 Å². The Morgan fingerprint density at radius 2 is 2.00 bits per heavy atom. The van der Waals surface area contributed by atoms with Gasteiger partial charge in [0.2, 0.25) is 0 Å². The molecule has 3 aliphatic rings. The Bertz CT molecular complexity index is 395. The van der Waals surface area contributed by atoms with E-state index in [0.717, 1.165) is 19.4 Å². The first-order chi connectivity index (χ1) is 9.08. The van der Waals surface area contributed by atoms with Gasteiger partial charge in [0.05, 0.1) is 5.37 Å². The summed E-state index contributed by atoms with van der Waals surface area (Å²) in [5.74, 6) is 0.273. The van der Waals surface area contributed by atoms with E-state index >= 15 is 0 Å². The predicted octanol–water partition coefficient (Wildman–Crippen LogP) is 1.83. The lowest BCUT2D eigenvalue weighted by Gasteiger charge is -2.32. The fourth-order valence-electron chi connectivity index (χ4n) is 2.62. The third-order valence-corrected chi connectivity index (χ3v) is 5.33. The topological polar surface area (TPSA) is 60.9 Å². The van der Waals surface area contributed by atoms with Gasteiger partial charge in [0, 0.05) is 18.3 Å². The molecular weight excluding hydrogens is 264 g/mol. The number of carboxylic acid groups (broad SMARTS) is 1. The normalized spacial score (nSPS) is 30.5. The molecule has 5 nitrogen and oxygen atoms in total. The molecule has 3 rings (SSSR count). The van der Waals surface area contributed by atoms with Gasteiger partial charge in [-0.3, -0.25) is 4.90 Å². The fourth-order valence-corrected chi connectivity index (χ4v) is 3.78. The minimum absolute atomic E-state index is 0.0333. The van der Waals surface area contributed by atoms with Crippen LogP contribution in [0.4, 0.5) is 4.79 Å². The summed E-state index contributed by atoms with van der Waals surface area (Å²) in [6.45, 7) is 2.75. The first-order valence-electron chi connectivity index (χ1n) is 7.01. The summed E-state index contributed by atoms with van der Waals surface area (Å²) in [6.07, 6.45) is 4.57. The van der Waals surface area contributed by atoms with Crippen LogP contribution in [0.15, 0.2) is 0 Å². The Kier molecular flexibility index (Phi) is 3.37. The average molecular weight is 284 g/mol. The van der Waals surface area contributed by atoms with Crippen molar-refractivity contribution in [1.29, 1.82) is 0 Å².